The zero-order valence-electron chi connectivity index (χ0n) is 17.1. The Hall–Kier alpha value is -3.32. The fraction of sp³-hybridized carbons (Fsp3) is 0.261. The molecule has 1 aliphatic heterocycles. The monoisotopic (exact) mass is 439 g/mol. The van der Waals surface area contributed by atoms with Crippen LogP contribution in [0.15, 0.2) is 48.7 Å². The highest BCUT2D eigenvalue weighted by Gasteiger charge is 2.19. The van der Waals surface area contributed by atoms with Crippen molar-refractivity contribution >= 4 is 45.8 Å². The van der Waals surface area contributed by atoms with E-state index in [1.807, 2.05) is 12.1 Å². The van der Waals surface area contributed by atoms with E-state index in [2.05, 4.69) is 15.2 Å². The van der Waals surface area contributed by atoms with Crippen molar-refractivity contribution < 1.29 is 19.1 Å². The predicted octanol–water partition coefficient (Wildman–Crippen LogP) is 4.29. The SMILES string of the molecule is COC(=O)c1ccc(N2CCCC2)c(NC(=O)COc2ccc(Cl)c3cccnc23)c1. The van der Waals surface area contributed by atoms with E-state index in [1.165, 1.54) is 7.11 Å². The first-order chi connectivity index (χ1) is 15.1. The van der Waals surface area contributed by atoms with Gasteiger partial charge in [-0.2, -0.15) is 0 Å². The number of anilines is 2. The van der Waals surface area contributed by atoms with Crippen molar-refractivity contribution in [2.24, 2.45) is 0 Å². The molecule has 3 aromatic rings. The molecule has 0 bridgehead atoms. The number of hydrogen-bond donors (Lipinski definition) is 1. The number of pyridine rings is 1. The number of methoxy groups -OCH3 is 1. The zero-order chi connectivity index (χ0) is 21.8. The van der Waals surface area contributed by atoms with Crippen LogP contribution in [-0.2, 0) is 9.53 Å². The molecule has 0 aliphatic carbocycles. The van der Waals surface area contributed by atoms with E-state index in [-0.39, 0.29) is 12.5 Å². The second kappa shape index (κ2) is 9.22. The molecule has 0 spiro atoms. The standard InChI is InChI=1S/C23H22ClN3O4/c1-30-23(29)15-6-8-19(27-11-2-3-12-27)18(13-15)26-21(28)14-31-20-9-7-17(24)16-5-4-10-25-22(16)20/h4-10,13H,2-3,11-12,14H2,1H3,(H,26,28). The summed E-state index contributed by atoms with van der Waals surface area (Å²) in [6.45, 7) is 1.59. The first kappa shape index (κ1) is 20.9. The van der Waals surface area contributed by atoms with Crippen molar-refractivity contribution in [1.82, 2.24) is 4.98 Å². The highest BCUT2D eigenvalue weighted by Crippen LogP contribution is 2.31. The summed E-state index contributed by atoms with van der Waals surface area (Å²) in [6, 6.07) is 12.2. The van der Waals surface area contributed by atoms with Gasteiger partial charge in [0.05, 0.1) is 29.1 Å². The Kier molecular flexibility index (Phi) is 6.23. The molecule has 0 unspecified atom stereocenters. The number of rotatable bonds is 6. The lowest BCUT2D eigenvalue weighted by atomic mass is 10.1. The Morgan fingerprint density at radius 2 is 1.97 bits per heavy atom. The molecule has 1 amide bonds. The van der Waals surface area contributed by atoms with Gasteiger partial charge >= 0.3 is 5.97 Å². The van der Waals surface area contributed by atoms with Crippen LogP contribution in [0, 0.1) is 0 Å². The number of carbonyl (C=O) groups excluding carboxylic acids is 2. The van der Waals surface area contributed by atoms with Crippen LogP contribution in [0.2, 0.25) is 5.02 Å². The minimum atomic E-state index is -0.460. The highest BCUT2D eigenvalue weighted by molar-refractivity contribution is 6.35. The smallest absolute Gasteiger partial charge is 0.337 e. The summed E-state index contributed by atoms with van der Waals surface area (Å²) in [5, 5.41) is 4.20. The van der Waals surface area contributed by atoms with Gasteiger partial charge in [-0.25, -0.2) is 4.79 Å². The third-order valence-corrected chi connectivity index (χ3v) is 5.51. The fourth-order valence-electron chi connectivity index (χ4n) is 3.67. The highest BCUT2D eigenvalue weighted by atomic mass is 35.5. The summed E-state index contributed by atoms with van der Waals surface area (Å²) < 4.78 is 10.5. The first-order valence-corrected chi connectivity index (χ1v) is 10.4. The molecule has 1 aromatic heterocycles. The van der Waals surface area contributed by atoms with Crippen LogP contribution in [0.25, 0.3) is 10.9 Å². The van der Waals surface area contributed by atoms with Crippen molar-refractivity contribution in [3.63, 3.8) is 0 Å². The zero-order valence-corrected chi connectivity index (χ0v) is 17.8. The van der Waals surface area contributed by atoms with Gasteiger partial charge in [-0.1, -0.05) is 11.6 Å². The van der Waals surface area contributed by atoms with Gasteiger partial charge in [-0.15, -0.1) is 0 Å². The average Bonchev–Trinajstić information content (AvgIpc) is 3.33. The molecule has 7 nitrogen and oxygen atoms in total. The number of nitrogens with zero attached hydrogens (tertiary/aromatic N) is 2. The van der Waals surface area contributed by atoms with Gasteiger partial charge in [0.15, 0.2) is 6.61 Å². The number of amides is 1. The molecule has 2 aromatic carbocycles. The van der Waals surface area contributed by atoms with E-state index in [0.29, 0.717) is 27.5 Å². The molecule has 1 fully saturated rings. The van der Waals surface area contributed by atoms with Crippen molar-refractivity contribution in [2.75, 3.05) is 37.0 Å². The fourth-order valence-corrected chi connectivity index (χ4v) is 3.89. The maximum Gasteiger partial charge on any atom is 0.337 e. The molecule has 1 N–H and O–H groups in total. The lowest BCUT2D eigenvalue weighted by Gasteiger charge is -2.22. The van der Waals surface area contributed by atoms with E-state index in [4.69, 9.17) is 21.1 Å². The molecule has 160 valence electrons. The number of carbonyl (C=O) groups is 2. The van der Waals surface area contributed by atoms with Crippen molar-refractivity contribution in [3.05, 3.63) is 59.2 Å². The number of fused-ring (bicyclic) bond motifs is 1. The second-order valence-electron chi connectivity index (χ2n) is 7.20. The predicted molar refractivity (Wildman–Crippen MR) is 120 cm³/mol. The molecule has 4 rings (SSSR count). The Morgan fingerprint density at radius 1 is 1.16 bits per heavy atom. The number of aromatic nitrogens is 1. The summed E-state index contributed by atoms with van der Waals surface area (Å²) in [5.74, 6) is -0.335. The molecule has 0 radical (unpaired) electrons. The molecule has 0 saturated carbocycles. The lowest BCUT2D eigenvalue weighted by Crippen LogP contribution is -2.24. The summed E-state index contributed by atoms with van der Waals surface area (Å²) in [6.07, 6.45) is 3.82. The van der Waals surface area contributed by atoms with Gasteiger partial charge in [-0.05, 0) is 55.3 Å². The number of hydrogen-bond acceptors (Lipinski definition) is 6. The van der Waals surface area contributed by atoms with Gasteiger partial charge < -0.3 is 19.7 Å². The minimum absolute atomic E-state index is 0.213. The van der Waals surface area contributed by atoms with Crippen LogP contribution in [-0.4, -0.2) is 43.7 Å². The Morgan fingerprint density at radius 3 is 2.74 bits per heavy atom. The third-order valence-electron chi connectivity index (χ3n) is 5.18. The van der Waals surface area contributed by atoms with Crippen molar-refractivity contribution in [3.8, 4) is 5.75 Å². The van der Waals surface area contributed by atoms with Gasteiger partial charge in [0.25, 0.3) is 5.91 Å². The topological polar surface area (TPSA) is 80.8 Å². The molecular weight excluding hydrogens is 418 g/mol. The number of nitrogens with one attached hydrogen (secondary N) is 1. The van der Waals surface area contributed by atoms with Crippen LogP contribution < -0.4 is 15.0 Å². The first-order valence-electron chi connectivity index (χ1n) is 10.00. The van der Waals surface area contributed by atoms with Gasteiger partial charge in [-0.3, -0.25) is 9.78 Å². The van der Waals surface area contributed by atoms with E-state index in [9.17, 15) is 9.59 Å². The molecule has 2 heterocycles. The molecule has 31 heavy (non-hydrogen) atoms. The Bertz CT molecular complexity index is 1130. The van der Waals surface area contributed by atoms with Crippen LogP contribution in [0.3, 0.4) is 0 Å². The van der Waals surface area contributed by atoms with E-state index in [0.717, 1.165) is 37.0 Å². The van der Waals surface area contributed by atoms with Gasteiger partial charge in [0.2, 0.25) is 0 Å². The quantitative estimate of drug-likeness (QED) is 0.577. The molecular formula is C23H22ClN3O4. The average molecular weight is 440 g/mol. The van der Waals surface area contributed by atoms with E-state index in [1.54, 1.807) is 36.5 Å². The normalized spacial score (nSPS) is 13.3. The maximum atomic E-state index is 12.7. The van der Waals surface area contributed by atoms with Gasteiger partial charge in [0, 0.05) is 24.7 Å². The molecule has 1 saturated heterocycles. The summed E-state index contributed by atoms with van der Waals surface area (Å²) in [7, 11) is 1.33. The summed E-state index contributed by atoms with van der Waals surface area (Å²) in [5.41, 5.74) is 2.39. The Balaban J connectivity index is 1.53. The van der Waals surface area contributed by atoms with Gasteiger partial charge in [0.1, 0.15) is 11.3 Å². The van der Waals surface area contributed by atoms with Crippen LogP contribution in [0.4, 0.5) is 11.4 Å². The van der Waals surface area contributed by atoms with Crippen molar-refractivity contribution in [2.45, 2.75) is 12.8 Å². The van der Waals surface area contributed by atoms with E-state index < -0.39 is 5.97 Å². The van der Waals surface area contributed by atoms with Crippen LogP contribution >= 0.6 is 11.6 Å². The van der Waals surface area contributed by atoms with E-state index >= 15 is 0 Å². The number of halogens is 1. The number of benzene rings is 2. The van der Waals surface area contributed by atoms with Crippen LogP contribution in [0.1, 0.15) is 23.2 Å². The second-order valence-corrected chi connectivity index (χ2v) is 7.61. The minimum Gasteiger partial charge on any atom is -0.481 e. The summed E-state index contributed by atoms with van der Waals surface area (Å²) in [4.78, 5) is 31.1. The molecule has 8 heteroatoms. The van der Waals surface area contributed by atoms with Crippen LogP contribution in [0.5, 0.6) is 5.75 Å². The number of ether oxygens (including phenoxy) is 2. The Labute approximate surface area is 184 Å². The lowest BCUT2D eigenvalue weighted by molar-refractivity contribution is -0.118. The maximum absolute atomic E-state index is 12.7. The van der Waals surface area contributed by atoms with Crippen molar-refractivity contribution in [1.29, 1.82) is 0 Å². The molecule has 1 aliphatic rings. The summed E-state index contributed by atoms with van der Waals surface area (Å²) >= 11 is 6.21. The number of esters is 1. The molecule has 0 atom stereocenters. The largest absolute Gasteiger partial charge is 0.481 e. The third kappa shape index (κ3) is 4.56.